The van der Waals surface area contributed by atoms with Crippen LogP contribution in [0, 0.1) is 10.1 Å². The fourth-order valence-corrected chi connectivity index (χ4v) is 4.58. The van der Waals surface area contributed by atoms with Crippen LogP contribution in [-0.2, 0) is 16.1 Å². The molecule has 0 aromatic heterocycles. The van der Waals surface area contributed by atoms with Crippen molar-refractivity contribution in [2.45, 2.75) is 32.7 Å². The first kappa shape index (κ1) is 34.1. The molecule has 1 aliphatic heterocycles. The molecule has 2 amide bonds. The van der Waals surface area contributed by atoms with Crippen LogP contribution >= 0.6 is 0 Å². The van der Waals surface area contributed by atoms with E-state index in [0.717, 1.165) is 5.56 Å². The van der Waals surface area contributed by atoms with E-state index < -0.39 is 29.2 Å². The summed E-state index contributed by atoms with van der Waals surface area (Å²) in [7, 11) is 2.76. The molecule has 0 radical (unpaired) electrons. The second-order valence-corrected chi connectivity index (χ2v) is 10.0. The minimum absolute atomic E-state index is 0.000701. The van der Waals surface area contributed by atoms with Crippen molar-refractivity contribution in [1.29, 1.82) is 0 Å². The number of hydrogen-bond acceptors (Lipinski definition) is 12. The molecule has 0 bridgehead atoms. The van der Waals surface area contributed by atoms with Crippen LogP contribution in [0.2, 0.25) is 0 Å². The van der Waals surface area contributed by atoms with Gasteiger partial charge in [-0.1, -0.05) is 6.07 Å². The molecule has 15 nitrogen and oxygen atoms in total. The summed E-state index contributed by atoms with van der Waals surface area (Å²) in [5, 5.41) is 30.7. The number of allylic oxidation sites excluding steroid dienone is 1. The van der Waals surface area contributed by atoms with Crippen molar-refractivity contribution in [3.8, 4) is 23.0 Å². The van der Waals surface area contributed by atoms with E-state index in [2.05, 4.69) is 21.2 Å². The molecule has 2 atom stereocenters. The minimum Gasteiger partial charge on any atom is -0.493 e. The average molecular weight is 650 g/mol. The Morgan fingerprint density at radius 1 is 1.04 bits per heavy atom. The predicted molar refractivity (Wildman–Crippen MR) is 169 cm³/mol. The predicted octanol–water partition coefficient (Wildman–Crippen LogP) is 3.70. The fraction of sp³-hybridized carbons (Fsp3) is 0.281. The second kappa shape index (κ2) is 15.9. The first-order valence-electron chi connectivity index (χ1n) is 14.4. The van der Waals surface area contributed by atoms with Crippen LogP contribution in [0.1, 0.15) is 36.6 Å². The number of nitrogens with zero attached hydrogens (tertiary/aromatic N) is 2. The van der Waals surface area contributed by atoms with Gasteiger partial charge in [-0.05, 0) is 73.0 Å². The summed E-state index contributed by atoms with van der Waals surface area (Å²) < 4.78 is 27.7. The van der Waals surface area contributed by atoms with Crippen LogP contribution in [0.4, 0.5) is 10.5 Å². The van der Waals surface area contributed by atoms with E-state index >= 15 is 0 Å². The third kappa shape index (κ3) is 8.88. The summed E-state index contributed by atoms with van der Waals surface area (Å²) >= 11 is 0. The number of nitrogens with one attached hydrogen (secondary N) is 3. The van der Waals surface area contributed by atoms with Crippen LogP contribution in [0.25, 0.3) is 0 Å². The first-order chi connectivity index (χ1) is 22.6. The van der Waals surface area contributed by atoms with Crippen molar-refractivity contribution in [2.24, 2.45) is 5.10 Å². The van der Waals surface area contributed by atoms with Crippen molar-refractivity contribution in [1.82, 2.24) is 16.1 Å². The topological polar surface area (TPSA) is 192 Å². The molecule has 3 aromatic carbocycles. The van der Waals surface area contributed by atoms with Crippen LogP contribution in [0.5, 0.6) is 23.0 Å². The number of hydrazone groups is 1. The van der Waals surface area contributed by atoms with Gasteiger partial charge in [0, 0.05) is 17.8 Å². The molecule has 0 spiro atoms. The summed E-state index contributed by atoms with van der Waals surface area (Å²) in [6, 6.07) is 14.9. The van der Waals surface area contributed by atoms with E-state index in [-0.39, 0.29) is 24.5 Å². The van der Waals surface area contributed by atoms with E-state index in [1.54, 1.807) is 62.4 Å². The Morgan fingerprint density at radius 3 is 2.45 bits per heavy atom. The summed E-state index contributed by atoms with van der Waals surface area (Å²) in [6.07, 6.45) is 0.292. The standard InChI is InChI=1S/C32H35N5O10/c1-5-45-27-15-22(30-29(31(39)44-4)19(2)34-32(40)35-30)9-13-25(27)47-18-28(38)36-33-16-21-8-12-24(26(14-21)43-3)46-17-20-6-10-23(11-7-20)37(41)42/h6-16,28,30,36,38H,5,17-18H2,1-4H3,(H2,34,35,40)/b33-16-/t28-,30-/m1/s1. The summed E-state index contributed by atoms with van der Waals surface area (Å²) in [6.45, 7) is 3.72. The molecule has 47 heavy (non-hydrogen) atoms. The quantitative estimate of drug-likeness (QED) is 0.0617. The Labute approximate surface area is 270 Å². The molecule has 3 aromatic rings. The minimum atomic E-state index is -1.19. The SMILES string of the molecule is CCOc1cc([C@H]2NC(=O)NC(C)=C2C(=O)OC)ccc1OC[C@@H](O)N/N=C\c1ccc(OCc2ccc([N+](=O)[O-])cc2)c(OC)c1. The van der Waals surface area contributed by atoms with Crippen LogP contribution in [0.15, 0.2) is 77.0 Å². The zero-order valence-corrected chi connectivity index (χ0v) is 26.1. The van der Waals surface area contributed by atoms with Gasteiger partial charge in [0.2, 0.25) is 0 Å². The largest absolute Gasteiger partial charge is 0.493 e. The molecule has 4 N–H and O–H groups in total. The van der Waals surface area contributed by atoms with Crippen molar-refractivity contribution < 1.29 is 43.3 Å². The molecule has 0 saturated heterocycles. The number of hydrogen-bond donors (Lipinski definition) is 4. The van der Waals surface area contributed by atoms with Gasteiger partial charge in [0.05, 0.1) is 43.6 Å². The third-order valence-corrected chi connectivity index (χ3v) is 6.84. The Bertz CT molecular complexity index is 1660. The Balaban J connectivity index is 1.35. The van der Waals surface area contributed by atoms with Crippen molar-refractivity contribution >= 4 is 23.9 Å². The molecule has 15 heteroatoms. The number of ether oxygens (including phenoxy) is 5. The van der Waals surface area contributed by atoms with Crippen LogP contribution in [0.3, 0.4) is 0 Å². The van der Waals surface area contributed by atoms with Gasteiger partial charge >= 0.3 is 12.0 Å². The number of rotatable bonds is 15. The molecule has 1 heterocycles. The lowest BCUT2D eigenvalue weighted by Gasteiger charge is -2.28. The monoisotopic (exact) mass is 649 g/mol. The summed E-state index contributed by atoms with van der Waals surface area (Å²) in [5.74, 6) is 1.000. The average Bonchev–Trinajstić information content (AvgIpc) is 3.06. The second-order valence-electron chi connectivity index (χ2n) is 10.0. The van der Waals surface area contributed by atoms with Crippen molar-refractivity contribution in [3.63, 3.8) is 0 Å². The van der Waals surface area contributed by atoms with Crippen LogP contribution in [-0.4, -0.2) is 61.9 Å². The Morgan fingerprint density at radius 2 is 1.77 bits per heavy atom. The highest BCUT2D eigenvalue weighted by Crippen LogP contribution is 2.35. The van der Waals surface area contributed by atoms with Gasteiger partial charge in [-0.25, -0.2) is 9.59 Å². The maximum absolute atomic E-state index is 12.4. The van der Waals surface area contributed by atoms with E-state index in [1.165, 1.54) is 32.6 Å². The highest BCUT2D eigenvalue weighted by Gasteiger charge is 2.32. The molecular formula is C32H35N5O10. The van der Waals surface area contributed by atoms with Crippen molar-refractivity contribution in [2.75, 3.05) is 27.4 Å². The van der Waals surface area contributed by atoms with Gasteiger partial charge in [0.25, 0.3) is 5.69 Å². The normalized spacial score (nSPS) is 14.9. The number of carbonyl (C=O) groups excluding carboxylic acids is 2. The molecule has 0 unspecified atom stereocenters. The molecule has 0 fully saturated rings. The Hall–Kier alpha value is -5.83. The Kier molecular flexibility index (Phi) is 11.6. The van der Waals surface area contributed by atoms with Crippen LogP contribution < -0.4 is 35.0 Å². The number of amides is 2. The molecule has 1 aliphatic rings. The molecule has 248 valence electrons. The van der Waals surface area contributed by atoms with E-state index in [9.17, 15) is 24.8 Å². The molecular weight excluding hydrogens is 614 g/mol. The van der Waals surface area contributed by atoms with E-state index in [4.69, 9.17) is 23.7 Å². The highest BCUT2D eigenvalue weighted by molar-refractivity contribution is 5.95. The number of benzene rings is 3. The number of methoxy groups -OCH3 is 2. The number of nitro benzene ring substituents is 1. The van der Waals surface area contributed by atoms with E-state index in [0.29, 0.717) is 46.4 Å². The lowest BCUT2D eigenvalue weighted by atomic mass is 9.95. The van der Waals surface area contributed by atoms with Gasteiger partial charge in [-0.2, -0.15) is 5.10 Å². The maximum Gasteiger partial charge on any atom is 0.337 e. The number of esters is 1. The van der Waals surface area contributed by atoms with Gasteiger partial charge in [0.15, 0.2) is 29.2 Å². The number of nitro groups is 1. The molecule has 4 rings (SSSR count). The number of aliphatic hydroxyl groups is 1. The lowest BCUT2D eigenvalue weighted by Crippen LogP contribution is -2.45. The zero-order valence-electron chi connectivity index (χ0n) is 26.1. The summed E-state index contributed by atoms with van der Waals surface area (Å²) in [5.41, 5.74) is 5.19. The van der Waals surface area contributed by atoms with Gasteiger partial charge in [-0.15, -0.1) is 0 Å². The third-order valence-electron chi connectivity index (χ3n) is 6.84. The summed E-state index contributed by atoms with van der Waals surface area (Å²) in [4.78, 5) is 35.0. The van der Waals surface area contributed by atoms with Gasteiger partial charge in [0.1, 0.15) is 13.2 Å². The number of aliphatic hydroxyl groups excluding tert-OH is 1. The van der Waals surface area contributed by atoms with Gasteiger partial charge in [-0.3, -0.25) is 15.5 Å². The molecule has 0 saturated carbocycles. The first-order valence-corrected chi connectivity index (χ1v) is 14.4. The molecule has 0 aliphatic carbocycles. The zero-order chi connectivity index (χ0) is 33.9. The fourth-order valence-electron chi connectivity index (χ4n) is 4.58. The maximum atomic E-state index is 12.4. The lowest BCUT2D eigenvalue weighted by molar-refractivity contribution is -0.384. The number of non-ortho nitro benzene ring substituents is 1. The number of carbonyl (C=O) groups is 2. The van der Waals surface area contributed by atoms with Crippen molar-refractivity contribution in [3.05, 3.63) is 98.7 Å². The number of urea groups is 1. The smallest absolute Gasteiger partial charge is 0.337 e. The highest BCUT2D eigenvalue weighted by atomic mass is 16.6. The van der Waals surface area contributed by atoms with Gasteiger partial charge < -0.3 is 39.4 Å². The van der Waals surface area contributed by atoms with E-state index in [1.807, 2.05) is 0 Å².